The molecule has 0 fully saturated rings. The Labute approximate surface area is 129 Å². The van der Waals surface area contributed by atoms with Gasteiger partial charge in [-0.3, -0.25) is 4.68 Å². The first-order valence-electron chi connectivity index (χ1n) is 5.45. The van der Waals surface area contributed by atoms with Crippen LogP contribution in [0.4, 0.5) is 5.69 Å². The molecule has 1 aromatic heterocycles. The van der Waals surface area contributed by atoms with Crippen LogP contribution in [0.3, 0.4) is 0 Å². The van der Waals surface area contributed by atoms with Gasteiger partial charge in [0, 0.05) is 12.1 Å². The summed E-state index contributed by atoms with van der Waals surface area (Å²) in [6.45, 7) is 2.12. The summed E-state index contributed by atoms with van der Waals surface area (Å²) in [5.41, 5.74) is 7.90. The minimum atomic E-state index is 0.278. The summed E-state index contributed by atoms with van der Waals surface area (Å²) in [7, 11) is 1.82. The number of hydrogen-bond donors (Lipinski definition) is 1. The van der Waals surface area contributed by atoms with Crippen LogP contribution in [-0.2, 0) is 13.7 Å². The highest BCUT2D eigenvalue weighted by molar-refractivity contribution is 9.10. The lowest BCUT2D eigenvalue weighted by molar-refractivity contribution is 0.295. The van der Waals surface area contributed by atoms with Crippen molar-refractivity contribution in [2.24, 2.45) is 7.05 Å². The molecule has 1 heterocycles. The SMILES string of the molecule is Cc1nn(C)c(COc2c(N)cc(Cl)cc2Br)c1Cl. The van der Waals surface area contributed by atoms with Crippen LogP contribution in [0.25, 0.3) is 0 Å². The second kappa shape index (κ2) is 5.61. The van der Waals surface area contributed by atoms with Gasteiger partial charge in [0.25, 0.3) is 0 Å². The largest absolute Gasteiger partial charge is 0.484 e. The van der Waals surface area contributed by atoms with Crippen LogP contribution in [0, 0.1) is 6.92 Å². The number of rotatable bonds is 3. The number of halogens is 3. The lowest BCUT2D eigenvalue weighted by atomic mass is 10.3. The average molecular weight is 365 g/mol. The zero-order valence-corrected chi connectivity index (χ0v) is 13.5. The van der Waals surface area contributed by atoms with E-state index in [1.807, 2.05) is 14.0 Å². The van der Waals surface area contributed by atoms with Gasteiger partial charge in [-0.25, -0.2) is 0 Å². The van der Waals surface area contributed by atoms with Gasteiger partial charge in [-0.1, -0.05) is 23.2 Å². The first-order chi connectivity index (χ1) is 8.90. The monoisotopic (exact) mass is 363 g/mol. The standard InChI is InChI=1S/C12H12BrCl2N3O/c1-6-11(15)10(18(2)17-6)5-19-12-8(13)3-7(14)4-9(12)16/h3-4H,5,16H2,1-2H3. The summed E-state index contributed by atoms with van der Waals surface area (Å²) >= 11 is 15.4. The minimum Gasteiger partial charge on any atom is -0.484 e. The van der Waals surface area contributed by atoms with Crippen molar-refractivity contribution in [3.63, 3.8) is 0 Å². The van der Waals surface area contributed by atoms with E-state index in [1.54, 1.807) is 16.8 Å². The summed E-state index contributed by atoms with van der Waals surface area (Å²) in [6.07, 6.45) is 0. The van der Waals surface area contributed by atoms with E-state index in [0.717, 1.165) is 11.4 Å². The fourth-order valence-electron chi connectivity index (χ4n) is 1.71. The zero-order chi connectivity index (χ0) is 14.2. The van der Waals surface area contributed by atoms with E-state index in [2.05, 4.69) is 21.0 Å². The van der Waals surface area contributed by atoms with Gasteiger partial charge < -0.3 is 10.5 Å². The highest BCUT2D eigenvalue weighted by atomic mass is 79.9. The molecule has 4 nitrogen and oxygen atoms in total. The Morgan fingerprint density at radius 1 is 1.42 bits per heavy atom. The molecule has 2 N–H and O–H groups in total. The third-order valence-corrected chi connectivity index (χ3v) is 3.95. The third kappa shape index (κ3) is 2.99. The predicted octanol–water partition coefficient (Wildman–Crippen LogP) is 3.96. The highest BCUT2D eigenvalue weighted by Gasteiger charge is 2.14. The van der Waals surface area contributed by atoms with Crippen molar-refractivity contribution in [3.8, 4) is 5.75 Å². The maximum Gasteiger partial charge on any atom is 0.157 e. The molecule has 0 saturated carbocycles. The lowest BCUT2D eigenvalue weighted by Gasteiger charge is -2.11. The Morgan fingerprint density at radius 3 is 2.63 bits per heavy atom. The van der Waals surface area contributed by atoms with Crippen molar-refractivity contribution in [2.75, 3.05) is 5.73 Å². The molecular formula is C12H12BrCl2N3O. The van der Waals surface area contributed by atoms with Crippen molar-refractivity contribution < 1.29 is 4.74 Å². The number of nitrogens with two attached hydrogens (primary N) is 1. The predicted molar refractivity (Wildman–Crippen MR) is 80.9 cm³/mol. The van der Waals surface area contributed by atoms with Crippen LogP contribution >= 0.6 is 39.1 Å². The number of aryl methyl sites for hydroxylation is 2. The number of ether oxygens (including phenoxy) is 1. The molecule has 0 amide bonds. The summed E-state index contributed by atoms with van der Waals surface area (Å²) in [5, 5.41) is 5.37. The van der Waals surface area contributed by atoms with Crippen LogP contribution in [0.5, 0.6) is 5.75 Å². The summed E-state index contributed by atoms with van der Waals surface area (Å²) in [4.78, 5) is 0. The van der Waals surface area contributed by atoms with Crippen LogP contribution in [-0.4, -0.2) is 9.78 Å². The fourth-order valence-corrected chi connectivity index (χ4v) is 2.87. The summed E-state index contributed by atoms with van der Waals surface area (Å²) in [5.74, 6) is 0.541. The van der Waals surface area contributed by atoms with E-state index in [9.17, 15) is 0 Å². The van der Waals surface area contributed by atoms with Crippen molar-refractivity contribution in [3.05, 3.63) is 38.0 Å². The zero-order valence-electron chi connectivity index (χ0n) is 10.4. The molecule has 7 heteroatoms. The van der Waals surface area contributed by atoms with Gasteiger partial charge in [-0.2, -0.15) is 5.10 Å². The van der Waals surface area contributed by atoms with Gasteiger partial charge in [0.2, 0.25) is 0 Å². The molecular weight excluding hydrogens is 353 g/mol. The molecule has 1 aromatic carbocycles. The van der Waals surface area contributed by atoms with Crippen LogP contribution in [0.1, 0.15) is 11.4 Å². The Hall–Kier alpha value is -0.910. The Kier molecular flexibility index (Phi) is 4.28. The Bertz CT molecular complexity index is 605. The molecule has 0 aliphatic heterocycles. The van der Waals surface area contributed by atoms with E-state index in [0.29, 0.717) is 26.0 Å². The molecule has 0 atom stereocenters. The molecule has 0 radical (unpaired) electrons. The van der Waals surface area contributed by atoms with Crippen LogP contribution in [0.15, 0.2) is 16.6 Å². The molecule has 0 unspecified atom stereocenters. The molecule has 102 valence electrons. The maximum atomic E-state index is 6.16. The average Bonchev–Trinajstić information content (AvgIpc) is 2.53. The van der Waals surface area contributed by atoms with Crippen molar-refractivity contribution in [1.29, 1.82) is 0 Å². The minimum absolute atomic E-state index is 0.278. The van der Waals surface area contributed by atoms with Gasteiger partial charge in [-0.15, -0.1) is 0 Å². The molecule has 2 rings (SSSR count). The number of hydrogen-bond acceptors (Lipinski definition) is 3. The van der Waals surface area contributed by atoms with Gasteiger partial charge in [0.05, 0.1) is 26.6 Å². The third-order valence-electron chi connectivity index (χ3n) is 2.65. The van der Waals surface area contributed by atoms with Crippen molar-refractivity contribution >= 4 is 44.8 Å². The molecule has 0 aliphatic carbocycles. The van der Waals surface area contributed by atoms with Crippen LogP contribution < -0.4 is 10.5 Å². The van der Waals surface area contributed by atoms with E-state index in [-0.39, 0.29) is 6.61 Å². The van der Waals surface area contributed by atoms with E-state index >= 15 is 0 Å². The maximum absolute atomic E-state index is 6.16. The molecule has 0 saturated heterocycles. The lowest BCUT2D eigenvalue weighted by Crippen LogP contribution is -2.05. The normalized spacial score (nSPS) is 10.8. The molecule has 0 aliphatic rings. The molecule has 0 spiro atoms. The first-order valence-corrected chi connectivity index (χ1v) is 7.00. The highest BCUT2D eigenvalue weighted by Crippen LogP contribution is 2.35. The second-order valence-corrected chi connectivity index (χ2v) is 5.73. The summed E-state index contributed by atoms with van der Waals surface area (Å²) < 4.78 is 8.10. The summed E-state index contributed by atoms with van der Waals surface area (Å²) in [6, 6.07) is 3.36. The van der Waals surface area contributed by atoms with E-state index in [1.165, 1.54) is 0 Å². The van der Waals surface area contributed by atoms with E-state index in [4.69, 9.17) is 33.7 Å². The van der Waals surface area contributed by atoms with Crippen molar-refractivity contribution in [1.82, 2.24) is 9.78 Å². The number of benzene rings is 1. The molecule has 19 heavy (non-hydrogen) atoms. The van der Waals surface area contributed by atoms with Gasteiger partial charge in [-0.05, 0) is 35.0 Å². The number of anilines is 1. The number of aromatic nitrogens is 2. The van der Waals surface area contributed by atoms with Crippen LogP contribution in [0.2, 0.25) is 10.0 Å². The molecule has 2 aromatic rings. The van der Waals surface area contributed by atoms with E-state index < -0.39 is 0 Å². The second-order valence-electron chi connectivity index (χ2n) is 4.06. The van der Waals surface area contributed by atoms with Gasteiger partial charge in [0.15, 0.2) is 5.75 Å². The van der Waals surface area contributed by atoms with Crippen molar-refractivity contribution in [2.45, 2.75) is 13.5 Å². The topological polar surface area (TPSA) is 53.1 Å². The fraction of sp³-hybridized carbons (Fsp3) is 0.250. The van der Waals surface area contributed by atoms with Gasteiger partial charge in [0.1, 0.15) is 6.61 Å². The smallest absolute Gasteiger partial charge is 0.157 e. The first kappa shape index (κ1) is 14.5. The number of nitrogen functional groups attached to an aromatic ring is 1. The Morgan fingerprint density at radius 2 is 2.11 bits per heavy atom. The number of nitrogens with zero attached hydrogens (tertiary/aromatic N) is 2. The molecule has 0 bridgehead atoms. The quantitative estimate of drug-likeness (QED) is 0.838. The Balaban J connectivity index is 2.24. The van der Waals surface area contributed by atoms with Gasteiger partial charge >= 0.3 is 0 Å².